The van der Waals surface area contributed by atoms with E-state index in [0.29, 0.717) is 33.3 Å². The molecule has 0 radical (unpaired) electrons. The largest absolute Gasteiger partial charge is 0.507 e. The van der Waals surface area contributed by atoms with Gasteiger partial charge in [-0.05, 0) is 42.8 Å². The molecule has 1 saturated heterocycles. The number of benzene rings is 3. The number of aryl methyl sites for hydroxylation is 1. The molecule has 1 N–H and O–H groups in total. The summed E-state index contributed by atoms with van der Waals surface area (Å²) in [5.74, 6) is -0.857. The lowest BCUT2D eigenvalue weighted by atomic mass is 9.94. The molecule has 1 fully saturated rings. The molecule has 1 amide bonds. The zero-order chi connectivity index (χ0) is 23.7. The number of rotatable bonds is 5. The molecule has 1 unspecified atom stereocenters. The lowest BCUT2D eigenvalue weighted by Gasteiger charge is -2.26. The summed E-state index contributed by atoms with van der Waals surface area (Å²) < 4.78 is 10.5. The maximum atomic E-state index is 13.2. The van der Waals surface area contributed by atoms with Crippen molar-refractivity contribution in [1.82, 2.24) is 0 Å². The Hall–Kier alpha value is -3.77. The van der Waals surface area contributed by atoms with E-state index in [1.165, 1.54) is 19.1 Å². The lowest BCUT2D eigenvalue weighted by Crippen LogP contribution is -2.29. The van der Waals surface area contributed by atoms with Crippen molar-refractivity contribution < 1.29 is 24.2 Å². The molecular weight excluding hydrogens is 442 g/mol. The fraction of sp³-hybridized carbons (Fsp3) is 0.154. The minimum Gasteiger partial charge on any atom is -0.507 e. The predicted octanol–water partition coefficient (Wildman–Crippen LogP) is 5.29. The van der Waals surface area contributed by atoms with E-state index in [1.54, 1.807) is 42.5 Å². The highest BCUT2D eigenvalue weighted by molar-refractivity contribution is 6.51. The van der Waals surface area contributed by atoms with Gasteiger partial charge in [-0.1, -0.05) is 53.6 Å². The first kappa shape index (κ1) is 22.4. The molecule has 0 saturated carbocycles. The number of aliphatic hydroxyl groups is 1. The van der Waals surface area contributed by atoms with Crippen LogP contribution in [0.15, 0.2) is 72.3 Å². The standard InChI is InChI=1S/C26H22ClNO5/c1-15-6-4-7-16(12-15)23-22(24(29)17-8-5-9-19(13-17)32-2)25(30)26(31)28(23)18-10-11-21(33-3)20(27)14-18/h4-14,23,29H,1-3H3/b24-22+. The maximum absolute atomic E-state index is 13.2. The second-order valence-electron chi connectivity index (χ2n) is 7.63. The molecule has 1 aliphatic rings. The number of amides is 1. The Morgan fingerprint density at radius 2 is 1.73 bits per heavy atom. The first-order chi connectivity index (χ1) is 15.8. The van der Waals surface area contributed by atoms with Gasteiger partial charge in [-0.25, -0.2) is 0 Å². The van der Waals surface area contributed by atoms with E-state index in [0.717, 1.165) is 5.56 Å². The number of ketones is 1. The number of ether oxygens (including phenoxy) is 2. The van der Waals surface area contributed by atoms with Crippen molar-refractivity contribution in [2.24, 2.45) is 0 Å². The van der Waals surface area contributed by atoms with Gasteiger partial charge in [0.2, 0.25) is 0 Å². The zero-order valence-corrected chi connectivity index (χ0v) is 19.1. The highest BCUT2D eigenvalue weighted by atomic mass is 35.5. The molecule has 1 atom stereocenters. The molecule has 4 rings (SSSR count). The van der Waals surface area contributed by atoms with Crippen LogP contribution in [0.4, 0.5) is 5.69 Å². The first-order valence-corrected chi connectivity index (χ1v) is 10.6. The topological polar surface area (TPSA) is 76.1 Å². The van der Waals surface area contributed by atoms with E-state index >= 15 is 0 Å². The molecule has 1 heterocycles. The molecule has 6 nitrogen and oxygen atoms in total. The van der Waals surface area contributed by atoms with Crippen LogP contribution in [0.25, 0.3) is 5.76 Å². The molecule has 168 valence electrons. The van der Waals surface area contributed by atoms with Crippen molar-refractivity contribution in [2.75, 3.05) is 19.1 Å². The number of aliphatic hydroxyl groups excluding tert-OH is 1. The summed E-state index contributed by atoms with van der Waals surface area (Å²) >= 11 is 6.32. The summed E-state index contributed by atoms with van der Waals surface area (Å²) in [4.78, 5) is 27.8. The molecule has 0 bridgehead atoms. The van der Waals surface area contributed by atoms with Gasteiger partial charge in [-0.2, -0.15) is 0 Å². The SMILES string of the molecule is COc1cccc(/C(O)=C2\C(=O)C(=O)N(c3ccc(OC)c(Cl)c3)C2c2cccc(C)c2)c1. The van der Waals surface area contributed by atoms with Gasteiger partial charge >= 0.3 is 0 Å². The normalized spacial score (nSPS) is 17.3. The Morgan fingerprint density at radius 3 is 2.39 bits per heavy atom. The van der Waals surface area contributed by atoms with E-state index in [2.05, 4.69) is 0 Å². The average molecular weight is 464 g/mol. The first-order valence-electron chi connectivity index (χ1n) is 10.2. The Labute approximate surface area is 196 Å². The maximum Gasteiger partial charge on any atom is 0.300 e. The Kier molecular flexibility index (Phi) is 6.11. The number of hydrogen-bond acceptors (Lipinski definition) is 5. The molecule has 33 heavy (non-hydrogen) atoms. The summed E-state index contributed by atoms with van der Waals surface area (Å²) in [6, 6.07) is 18.2. The van der Waals surface area contributed by atoms with Gasteiger partial charge in [-0.3, -0.25) is 14.5 Å². The molecule has 1 aliphatic heterocycles. The second kappa shape index (κ2) is 9.00. The van der Waals surface area contributed by atoms with Crippen molar-refractivity contribution in [3.63, 3.8) is 0 Å². The number of anilines is 1. The van der Waals surface area contributed by atoms with Crippen molar-refractivity contribution in [1.29, 1.82) is 0 Å². The highest BCUT2D eigenvalue weighted by Crippen LogP contribution is 2.43. The number of carbonyl (C=O) groups excluding carboxylic acids is 2. The van der Waals surface area contributed by atoms with E-state index in [-0.39, 0.29) is 11.3 Å². The fourth-order valence-electron chi connectivity index (χ4n) is 3.99. The molecule has 7 heteroatoms. The van der Waals surface area contributed by atoms with Crippen molar-refractivity contribution in [3.05, 3.63) is 94.0 Å². The van der Waals surface area contributed by atoms with Crippen LogP contribution in [-0.4, -0.2) is 31.0 Å². The summed E-state index contributed by atoms with van der Waals surface area (Å²) in [5.41, 5.74) is 2.42. The highest BCUT2D eigenvalue weighted by Gasteiger charge is 2.47. The van der Waals surface area contributed by atoms with E-state index < -0.39 is 17.7 Å². The van der Waals surface area contributed by atoms with Gasteiger partial charge in [-0.15, -0.1) is 0 Å². The van der Waals surface area contributed by atoms with Gasteiger partial charge in [0, 0.05) is 11.3 Å². The van der Waals surface area contributed by atoms with Crippen LogP contribution in [0, 0.1) is 6.92 Å². The van der Waals surface area contributed by atoms with Crippen molar-refractivity contribution in [3.8, 4) is 11.5 Å². The van der Waals surface area contributed by atoms with Gasteiger partial charge in [0.25, 0.3) is 11.7 Å². The number of halogens is 1. The molecule has 3 aromatic rings. The Bertz CT molecular complexity index is 1280. The summed E-state index contributed by atoms with van der Waals surface area (Å²) in [6.45, 7) is 1.92. The minimum absolute atomic E-state index is 0.00852. The Balaban J connectivity index is 1.95. The van der Waals surface area contributed by atoms with Crippen LogP contribution in [0.1, 0.15) is 22.7 Å². The number of carbonyl (C=O) groups is 2. The Morgan fingerprint density at radius 1 is 0.970 bits per heavy atom. The number of nitrogens with zero attached hydrogens (tertiary/aromatic N) is 1. The second-order valence-corrected chi connectivity index (χ2v) is 8.04. The van der Waals surface area contributed by atoms with Crippen LogP contribution in [0.3, 0.4) is 0 Å². The average Bonchev–Trinajstić information content (AvgIpc) is 3.09. The number of hydrogen-bond donors (Lipinski definition) is 1. The fourth-order valence-corrected chi connectivity index (χ4v) is 4.24. The number of methoxy groups -OCH3 is 2. The smallest absolute Gasteiger partial charge is 0.300 e. The molecular formula is C26H22ClNO5. The summed E-state index contributed by atoms with van der Waals surface area (Å²) in [6.07, 6.45) is 0. The van der Waals surface area contributed by atoms with E-state index in [4.69, 9.17) is 21.1 Å². The third kappa shape index (κ3) is 4.05. The van der Waals surface area contributed by atoms with Crippen LogP contribution < -0.4 is 14.4 Å². The summed E-state index contributed by atoms with van der Waals surface area (Å²) in [5, 5.41) is 11.5. The molecule has 0 aliphatic carbocycles. The van der Waals surface area contributed by atoms with Crippen LogP contribution in [0.2, 0.25) is 5.02 Å². The van der Waals surface area contributed by atoms with Gasteiger partial charge < -0.3 is 14.6 Å². The molecule has 3 aromatic carbocycles. The van der Waals surface area contributed by atoms with Crippen LogP contribution >= 0.6 is 11.6 Å². The summed E-state index contributed by atoms with van der Waals surface area (Å²) in [7, 11) is 3.01. The monoisotopic (exact) mass is 463 g/mol. The van der Waals surface area contributed by atoms with Gasteiger partial charge in [0.15, 0.2) is 0 Å². The molecule has 0 spiro atoms. The van der Waals surface area contributed by atoms with Crippen LogP contribution in [-0.2, 0) is 9.59 Å². The van der Waals surface area contributed by atoms with Crippen LogP contribution in [0.5, 0.6) is 11.5 Å². The predicted molar refractivity (Wildman–Crippen MR) is 127 cm³/mol. The van der Waals surface area contributed by atoms with Crippen molar-refractivity contribution in [2.45, 2.75) is 13.0 Å². The third-order valence-corrected chi connectivity index (χ3v) is 5.85. The van der Waals surface area contributed by atoms with E-state index in [1.807, 2.05) is 31.2 Å². The zero-order valence-electron chi connectivity index (χ0n) is 18.3. The minimum atomic E-state index is -0.847. The van der Waals surface area contributed by atoms with Gasteiger partial charge in [0.05, 0.1) is 30.9 Å². The third-order valence-electron chi connectivity index (χ3n) is 5.56. The quantitative estimate of drug-likeness (QED) is 0.316. The lowest BCUT2D eigenvalue weighted by molar-refractivity contribution is -0.132. The van der Waals surface area contributed by atoms with Crippen molar-refractivity contribution >= 4 is 34.7 Å². The van der Waals surface area contributed by atoms with Gasteiger partial charge in [0.1, 0.15) is 17.3 Å². The number of Topliss-reactive ketones (excluding diaryl/α,β-unsaturated/α-hetero) is 1. The molecule has 0 aromatic heterocycles. The van der Waals surface area contributed by atoms with E-state index in [9.17, 15) is 14.7 Å².